The predicted molar refractivity (Wildman–Crippen MR) is 75.2 cm³/mol. The van der Waals surface area contributed by atoms with E-state index in [4.69, 9.17) is 8.53 Å². The van der Waals surface area contributed by atoms with E-state index in [0.717, 1.165) is 16.5 Å². The van der Waals surface area contributed by atoms with Gasteiger partial charge in [0.2, 0.25) is 5.58 Å². The standard InChI is InChI=1S/C16H12N3O/c1-18-13-5-3-2-4-12(13)14-15(18)19-9-10-8-17-7-6-11(10)16(19)20-14/h2-8H,9H2,1H3/q+1/i1D3. The molecule has 0 fully saturated rings. The molecule has 0 N–H and O–H groups in total. The van der Waals surface area contributed by atoms with Gasteiger partial charge in [0.15, 0.2) is 0 Å². The van der Waals surface area contributed by atoms with Gasteiger partial charge in [0.05, 0.1) is 22.0 Å². The number of hydrogen-bond acceptors (Lipinski definition) is 2. The molecule has 0 aliphatic carbocycles. The Balaban J connectivity index is 1.97. The van der Waals surface area contributed by atoms with E-state index in [1.54, 1.807) is 12.4 Å². The lowest BCUT2D eigenvalue weighted by molar-refractivity contribution is -0.652. The van der Waals surface area contributed by atoms with E-state index in [1.807, 2.05) is 34.9 Å². The third kappa shape index (κ3) is 1.04. The molecule has 0 radical (unpaired) electrons. The van der Waals surface area contributed by atoms with Gasteiger partial charge in [0, 0.05) is 18.0 Å². The summed E-state index contributed by atoms with van der Waals surface area (Å²) in [5.74, 6) is 0.691. The minimum atomic E-state index is -2.28. The number of fused-ring (bicyclic) bond motifs is 7. The van der Waals surface area contributed by atoms with Gasteiger partial charge in [-0.2, -0.15) is 4.57 Å². The maximum absolute atomic E-state index is 7.95. The van der Waals surface area contributed by atoms with E-state index in [0.29, 0.717) is 29.2 Å². The summed E-state index contributed by atoms with van der Waals surface area (Å²) in [7, 11) is 0. The van der Waals surface area contributed by atoms with Gasteiger partial charge in [0.25, 0.3) is 5.89 Å². The molecule has 0 bridgehead atoms. The fraction of sp³-hybridized carbons (Fsp3) is 0.125. The summed E-state index contributed by atoms with van der Waals surface area (Å²) in [6.45, 7) is -1.71. The maximum Gasteiger partial charge on any atom is 0.329 e. The summed E-state index contributed by atoms with van der Waals surface area (Å²) >= 11 is 0. The number of aromatic nitrogens is 3. The Labute approximate surface area is 119 Å². The highest BCUT2D eigenvalue weighted by atomic mass is 16.4. The number of aryl methyl sites for hydroxylation is 1. The Morgan fingerprint density at radius 3 is 3.25 bits per heavy atom. The zero-order chi connectivity index (χ0) is 15.8. The molecule has 0 spiro atoms. The smallest absolute Gasteiger partial charge is 0.329 e. The van der Waals surface area contributed by atoms with Crippen molar-refractivity contribution >= 4 is 22.1 Å². The molecule has 4 aromatic rings. The van der Waals surface area contributed by atoms with Gasteiger partial charge in [0.1, 0.15) is 12.1 Å². The summed E-state index contributed by atoms with van der Waals surface area (Å²) < 4.78 is 33.2. The van der Waals surface area contributed by atoms with Gasteiger partial charge in [-0.25, -0.2) is 4.57 Å². The van der Waals surface area contributed by atoms with Gasteiger partial charge in [-0.1, -0.05) is 12.1 Å². The molecule has 0 unspecified atom stereocenters. The van der Waals surface area contributed by atoms with Gasteiger partial charge in [-0.3, -0.25) is 4.98 Å². The molecule has 5 rings (SSSR count). The molecular formula is C16H12N3O+. The van der Waals surface area contributed by atoms with Crippen LogP contribution in [-0.2, 0) is 13.5 Å². The maximum atomic E-state index is 7.95. The van der Waals surface area contributed by atoms with Crippen LogP contribution in [0.1, 0.15) is 9.68 Å². The number of oxazole rings is 1. The first-order valence-electron chi connectivity index (χ1n) is 7.95. The van der Waals surface area contributed by atoms with Crippen LogP contribution in [0.4, 0.5) is 0 Å². The van der Waals surface area contributed by atoms with Crippen LogP contribution in [0.5, 0.6) is 0 Å². The quantitative estimate of drug-likeness (QED) is 0.403. The molecule has 3 aromatic heterocycles. The molecule has 1 aliphatic heterocycles. The third-order valence-electron chi connectivity index (χ3n) is 3.97. The van der Waals surface area contributed by atoms with E-state index in [2.05, 4.69) is 4.98 Å². The number of hydrogen-bond donors (Lipinski definition) is 0. The second-order valence-electron chi connectivity index (χ2n) is 5.03. The molecule has 0 saturated carbocycles. The minimum Gasteiger partial charge on any atom is -0.413 e. The van der Waals surface area contributed by atoms with Gasteiger partial charge < -0.3 is 4.42 Å². The van der Waals surface area contributed by atoms with E-state index < -0.39 is 6.98 Å². The fourth-order valence-corrected chi connectivity index (χ4v) is 3.07. The largest absolute Gasteiger partial charge is 0.413 e. The SMILES string of the molecule is [2H]C([2H])([2H])n1c2ccccc2c2oc3[n+](c21)Cc1cnccc1-3. The Hall–Kier alpha value is -2.62. The molecule has 0 saturated heterocycles. The summed E-state index contributed by atoms with van der Waals surface area (Å²) in [5, 5.41) is 0.816. The minimum absolute atomic E-state index is 0.567. The number of pyridine rings is 1. The average Bonchev–Trinajstić information content (AvgIpc) is 3.13. The van der Waals surface area contributed by atoms with Crippen LogP contribution in [0.25, 0.3) is 33.6 Å². The first kappa shape index (κ1) is 7.85. The van der Waals surface area contributed by atoms with Crippen LogP contribution < -0.4 is 4.57 Å². The van der Waals surface area contributed by atoms with Gasteiger partial charge in [-0.15, -0.1) is 0 Å². The Morgan fingerprint density at radius 1 is 1.35 bits per heavy atom. The topological polar surface area (TPSA) is 34.8 Å². The predicted octanol–water partition coefficient (Wildman–Crippen LogP) is 2.64. The number of rotatable bonds is 0. The first-order valence-corrected chi connectivity index (χ1v) is 6.45. The van der Waals surface area contributed by atoms with Crippen molar-refractivity contribution in [2.75, 3.05) is 0 Å². The van der Waals surface area contributed by atoms with E-state index in [-0.39, 0.29) is 0 Å². The zero-order valence-electron chi connectivity index (χ0n) is 13.5. The van der Waals surface area contributed by atoms with Crippen molar-refractivity contribution in [3.8, 4) is 11.5 Å². The molecule has 0 atom stereocenters. The van der Waals surface area contributed by atoms with Crippen LogP contribution in [0.15, 0.2) is 47.1 Å². The summed E-state index contributed by atoms with van der Waals surface area (Å²) in [4.78, 5) is 4.14. The molecule has 20 heavy (non-hydrogen) atoms. The average molecular weight is 265 g/mol. The third-order valence-corrected chi connectivity index (χ3v) is 3.97. The van der Waals surface area contributed by atoms with Crippen LogP contribution in [0, 0.1) is 0 Å². The zero-order valence-corrected chi connectivity index (χ0v) is 10.5. The van der Waals surface area contributed by atoms with Crippen LogP contribution >= 0.6 is 0 Å². The Morgan fingerprint density at radius 2 is 2.30 bits per heavy atom. The normalized spacial score (nSPS) is 15.9. The molecule has 1 aromatic carbocycles. The molecular weight excluding hydrogens is 250 g/mol. The van der Waals surface area contributed by atoms with Crippen molar-refractivity contribution in [3.63, 3.8) is 0 Å². The summed E-state index contributed by atoms with van der Waals surface area (Å²) in [6, 6.07) is 9.34. The Kier molecular flexibility index (Phi) is 1.29. The molecule has 1 aliphatic rings. The monoisotopic (exact) mass is 265 g/mol. The van der Waals surface area contributed by atoms with Gasteiger partial charge >= 0.3 is 5.65 Å². The number of benzene rings is 1. The highest BCUT2D eigenvalue weighted by Crippen LogP contribution is 2.34. The van der Waals surface area contributed by atoms with Crippen molar-refractivity contribution in [3.05, 3.63) is 48.3 Å². The fourth-order valence-electron chi connectivity index (χ4n) is 3.07. The van der Waals surface area contributed by atoms with Crippen molar-refractivity contribution in [1.29, 1.82) is 0 Å². The lowest BCUT2D eigenvalue weighted by atomic mass is 10.2. The second kappa shape index (κ2) is 3.28. The van der Waals surface area contributed by atoms with E-state index in [9.17, 15) is 0 Å². The van der Waals surface area contributed by atoms with E-state index >= 15 is 0 Å². The molecule has 4 nitrogen and oxygen atoms in total. The second-order valence-corrected chi connectivity index (χ2v) is 5.03. The van der Waals surface area contributed by atoms with Crippen molar-refractivity contribution < 1.29 is 13.1 Å². The number of nitrogens with zero attached hydrogens (tertiary/aromatic N) is 3. The van der Waals surface area contributed by atoms with Crippen molar-refractivity contribution in [2.45, 2.75) is 6.54 Å². The lowest BCUT2D eigenvalue weighted by Crippen LogP contribution is -2.32. The first-order chi connectivity index (χ1) is 11.1. The molecule has 0 amide bonds. The van der Waals surface area contributed by atoms with Crippen molar-refractivity contribution in [1.82, 2.24) is 9.55 Å². The highest BCUT2D eigenvalue weighted by molar-refractivity contribution is 6.02. The van der Waals surface area contributed by atoms with Gasteiger partial charge in [-0.05, 0) is 18.2 Å². The van der Waals surface area contributed by atoms with E-state index in [1.165, 1.54) is 4.57 Å². The lowest BCUT2D eigenvalue weighted by Gasteiger charge is -1.92. The number of para-hydroxylation sites is 1. The highest BCUT2D eigenvalue weighted by Gasteiger charge is 2.34. The molecule has 4 heteroatoms. The van der Waals surface area contributed by atoms with Crippen LogP contribution in [0.2, 0.25) is 0 Å². The summed E-state index contributed by atoms with van der Waals surface area (Å²) in [6.07, 6.45) is 3.52. The molecule has 96 valence electrons. The summed E-state index contributed by atoms with van der Waals surface area (Å²) in [5.41, 5.74) is 3.88. The van der Waals surface area contributed by atoms with Crippen LogP contribution in [0.3, 0.4) is 0 Å². The van der Waals surface area contributed by atoms with Crippen LogP contribution in [-0.4, -0.2) is 9.55 Å². The molecule has 4 heterocycles. The Bertz CT molecular complexity index is 1090. The van der Waals surface area contributed by atoms with Crippen molar-refractivity contribution in [2.24, 2.45) is 6.98 Å².